The highest BCUT2D eigenvalue weighted by atomic mass is 32.1. The minimum atomic E-state index is 0.159. The zero-order chi connectivity index (χ0) is 9.26. The molecule has 13 heavy (non-hydrogen) atoms. The minimum absolute atomic E-state index is 0.159. The molecule has 4 heteroatoms. The zero-order valence-corrected chi connectivity index (χ0v) is 8.30. The summed E-state index contributed by atoms with van der Waals surface area (Å²) in [7, 11) is 0. The maximum atomic E-state index is 11.2. The van der Waals surface area contributed by atoms with Gasteiger partial charge in [-0.25, -0.2) is 4.98 Å². The molecule has 2 rings (SSSR count). The number of carbonyl (C=O) groups is 1. The Morgan fingerprint density at radius 3 is 3.23 bits per heavy atom. The van der Waals surface area contributed by atoms with E-state index in [9.17, 15) is 4.79 Å². The fraction of sp³-hybridized carbons (Fsp3) is 0.556. The van der Waals surface area contributed by atoms with Crippen molar-refractivity contribution in [3.05, 3.63) is 16.6 Å². The molecule has 1 saturated heterocycles. The summed E-state index contributed by atoms with van der Waals surface area (Å²) in [6, 6.07) is 0.164. The van der Waals surface area contributed by atoms with Crippen LogP contribution in [0.25, 0.3) is 0 Å². The van der Waals surface area contributed by atoms with Gasteiger partial charge in [0.25, 0.3) is 0 Å². The largest absolute Gasteiger partial charge is 0.347 e. The van der Waals surface area contributed by atoms with Crippen LogP contribution < -0.4 is 5.32 Å². The van der Waals surface area contributed by atoms with Crippen LogP contribution in [0.15, 0.2) is 11.6 Å². The summed E-state index contributed by atoms with van der Waals surface area (Å²) in [5.74, 6) is 0.589. The highest BCUT2D eigenvalue weighted by molar-refractivity contribution is 7.09. The van der Waals surface area contributed by atoms with Crippen molar-refractivity contribution in [3.63, 3.8) is 0 Å². The number of carbonyl (C=O) groups excluding carboxylic acids is 1. The molecule has 0 saturated carbocycles. The quantitative estimate of drug-likeness (QED) is 0.782. The van der Waals surface area contributed by atoms with E-state index in [1.54, 1.807) is 17.5 Å². The molecule has 70 valence electrons. The number of nitrogens with zero attached hydrogens (tertiary/aromatic N) is 1. The Kier molecular flexibility index (Phi) is 2.31. The molecular weight excluding hydrogens is 184 g/mol. The van der Waals surface area contributed by atoms with E-state index in [1.165, 1.54) is 0 Å². The standard InChI is InChI=1S/C9H12N2OS/c1-2-6-5-7(12)11-8(6)9-10-3-4-13-9/h3-4,6,8H,2,5H2,1H3,(H,11,12)/t6-,8+/m0/s1. The predicted octanol–water partition coefficient (Wildman–Crippen LogP) is 1.73. The first-order valence-electron chi connectivity index (χ1n) is 4.50. The highest BCUT2D eigenvalue weighted by Gasteiger charge is 2.33. The molecule has 3 nitrogen and oxygen atoms in total. The number of amides is 1. The smallest absolute Gasteiger partial charge is 0.220 e. The molecule has 2 heterocycles. The molecule has 0 spiro atoms. The molecular formula is C9H12N2OS. The monoisotopic (exact) mass is 196 g/mol. The first kappa shape index (κ1) is 8.69. The molecule has 1 amide bonds. The van der Waals surface area contributed by atoms with Gasteiger partial charge in [-0.1, -0.05) is 13.3 Å². The summed E-state index contributed by atoms with van der Waals surface area (Å²) >= 11 is 1.62. The molecule has 0 bridgehead atoms. The normalized spacial score (nSPS) is 27.6. The fourth-order valence-corrected chi connectivity index (χ4v) is 2.52. The summed E-state index contributed by atoms with van der Waals surface area (Å²) in [6.45, 7) is 2.12. The van der Waals surface area contributed by atoms with Gasteiger partial charge in [0.15, 0.2) is 0 Å². The lowest BCUT2D eigenvalue weighted by Crippen LogP contribution is -2.20. The second-order valence-electron chi connectivity index (χ2n) is 3.29. The SMILES string of the molecule is CC[C@H]1CC(=O)N[C@H]1c1nccs1. The first-order chi connectivity index (χ1) is 6.31. The van der Waals surface area contributed by atoms with Crippen LogP contribution in [0.3, 0.4) is 0 Å². The molecule has 0 radical (unpaired) electrons. The molecule has 1 aliphatic heterocycles. The van der Waals surface area contributed by atoms with Crippen LogP contribution in [0.5, 0.6) is 0 Å². The Morgan fingerprint density at radius 1 is 1.77 bits per heavy atom. The van der Waals surface area contributed by atoms with Crippen molar-refractivity contribution in [2.45, 2.75) is 25.8 Å². The zero-order valence-electron chi connectivity index (χ0n) is 7.49. The number of hydrogen-bond acceptors (Lipinski definition) is 3. The van der Waals surface area contributed by atoms with E-state index in [0.717, 1.165) is 11.4 Å². The Hall–Kier alpha value is -0.900. The summed E-state index contributed by atoms with van der Waals surface area (Å²) in [5.41, 5.74) is 0. The van der Waals surface area contributed by atoms with Crippen molar-refractivity contribution in [2.24, 2.45) is 5.92 Å². The topological polar surface area (TPSA) is 42.0 Å². The van der Waals surface area contributed by atoms with E-state index in [1.807, 2.05) is 5.38 Å². The maximum absolute atomic E-state index is 11.2. The molecule has 1 N–H and O–H groups in total. The molecule has 0 aromatic carbocycles. The van der Waals surface area contributed by atoms with Crippen molar-refractivity contribution in [1.29, 1.82) is 0 Å². The second-order valence-corrected chi connectivity index (χ2v) is 4.21. The van der Waals surface area contributed by atoms with Gasteiger partial charge in [-0.3, -0.25) is 4.79 Å². The average molecular weight is 196 g/mol. The van der Waals surface area contributed by atoms with E-state index < -0.39 is 0 Å². The fourth-order valence-electron chi connectivity index (χ4n) is 1.74. The van der Waals surface area contributed by atoms with Crippen LogP contribution >= 0.6 is 11.3 Å². The number of aromatic nitrogens is 1. The number of hydrogen-bond donors (Lipinski definition) is 1. The lowest BCUT2D eigenvalue weighted by atomic mass is 9.98. The lowest BCUT2D eigenvalue weighted by Gasteiger charge is -2.13. The molecule has 1 aliphatic rings. The van der Waals surface area contributed by atoms with Gasteiger partial charge in [-0.15, -0.1) is 11.3 Å². The van der Waals surface area contributed by atoms with Crippen molar-refractivity contribution in [1.82, 2.24) is 10.3 Å². The number of nitrogens with one attached hydrogen (secondary N) is 1. The molecule has 0 aliphatic carbocycles. The van der Waals surface area contributed by atoms with Crippen LogP contribution in [-0.2, 0) is 4.79 Å². The summed E-state index contributed by atoms with van der Waals surface area (Å²) in [6.07, 6.45) is 3.47. The summed E-state index contributed by atoms with van der Waals surface area (Å²) in [5, 5.41) is 5.96. The van der Waals surface area contributed by atoms with Gasteiger partial charge in [0.1, 0.15) is 5.01 Å². The van der Waals surface area contributed by atoms with E-state index >= 15 is 0 Å². The summed E-state index contributed by atoms with van der Waals surface area (Å²) in [4.78, 5) is 15.4. The third kappa shape index (κ3) is 1.58. The molecule has 1 fully saturated rings. The third-order valence-corrected chi connectivity index (χ3v) is 3.34. The highest BCUT2D eigenvalue weighted by Crippen LogP contribution is 2.33. The average Bonchev–Trinajstić information content (AvgIpc) is 2.71. The van der Waals surface area contributed by atoms with Crippen molar-refractivity contribution in [3.8, 4) is 0 Å². The molecule has 0 unspecified atom stereocenters. The van der Waals surface area contributed by atoms with Crippen LogP contribution in [0.1, 0.15) is 30.8 Å². The van der Waals surface area contributed by atoms with E-state index in [-0.39, 0.29) is 11.9 Å². The van der Waals surface area contributed by atoms with Gasteiger partial charge in [-0.05, 0) is 5.92 Å². The van der Waals surface area contributed by atoms with Crippen LogP contribution in [0.4, 0.5) is 0 Å². The van der Waals surface area contributed by atoms with E-state index in [0.29, 0.717) is 12.3 Å². The van der Waals surface area contributed by atoms with Gasteiger partial charge in [-0.2, -0.15) is 0 Å². The molecule has 1 aromatic heterocycles. The Labute approximate surface area is 81.2 Å². The van der Waals surface area contributed by atoms with Gasteiger partial charge in [0.05, 0.1) is 6.04 Å². The minimum Gasteiger partial charge on any atom is -0.347 e. The van der Waals surface area contributed by atoms with Crippen LogP contribution in [0, 0.1) is 5.92 Å². The lowest BCUT2D eigenvalue weighted by molar-refractivity contribution is -0.119. The number of thiazole rings is 1. The van der Waals surface area contributed by atoms with E-state index in [4.69, 9.17) is 0 Å². The van der Waals surface area contributed by atoms with E-state index in [2.05, 4.69) is 17.2 Å². The van der Waals surface area contributed by atoms with Crippen molar-refractivity contribution in [2.75, 3.05) is 0 Å². The first-order valence-corrected chi connectivity index (χ1v) is 5.38. The third-order valence-electron chi connectivity index (χ3n) is 2.48. The summed E-state index contributed by atoms with van der Waals surface area (Å²) < 4.78 is 0. The van der Waals surface area contributed by atoms with Gasteiger partial charge in [0.2, 0.25) is 5.91 Å². The Morgan fingerprint density at radius 2 is 2.62 bits per heavy atom. The Bertz CT molecular complexity index is 297. The van der Waals surface area contributed by atoms with Crippen LogP contribution in [-0.4, -0.2) is 10.9 Å². The van der Waals surface area contributed by atoms with Crippen LogP contribution in [0.2, 0.25) is 0 Å². The molecule has 2 atom stereocenters. The van der Waals surface area contributed by atoms with Gasteiger partial charge in [0, 0.05) is 18.0 Å². The van der Waals surface area contributed by atoms with Gasteiger partial charge < -0.3 is 5.32 Å². The van der Waals surface area contributed by atoms with Crippen molar-refractivity contribution < 1.29 is 4.79 Å². The second kappa shape index (κ2) is 3.46. The Balaban J connectivity index is 2.19. The van der Waals surface area contributed by atoms with Crippen molar-refractivity contribution >= 4 is 17.2 Å². The number of rotatable bonds is 2. The molecule has 1 aromatic rings. The van der Waals surface area contributed by atoms with Gasteiger partial charge >= 0.3 is 0 Å². The maximum Gasteiger partial charge on any atom is 0.220 e. The predicted molar refractivity (Wildman–Crippen MR) is 51.4 cm³/mol.